The van der Waals surface area contributed by atoms with Crippen LogP contribution in [-0.4, -0.2) is 40.8 Å². The summed E-state index contributed by atoms with van der Waals surface area (Å²) >= 11 is 1.24. The first kappa shape index (κ1) is 30.0. The Morgan fingerprint density at radius 3 is 2.52 bits per heavy atom. The van der Waals surface area contributed by atoms with Crippen LogP contribution in [0.15, 0.2) is 65.0 Å². The number of nitrogens with zero attached hydrogens (tertiary/aromatic N) is 4. The second-order valence-electron chi connectivity index (χ2n) is 10.4. The Bertz CT molecular complexity index is 1780. The number of unbranched alkanes of at least 4 members (excludes halogenated alkanes) is 1. The standard InChI is InChI=1S/C32H37N5O3S2/c1-6-8-16-40-23(5)36-42(38,39)32-26(18-28(41-32)25-12-10-9-11-13-25)27-15-14-24(19-33-27)20-37-29(7-2)35-30-21(3)17-22(4)34-31(30)37/h9-15,17-19,23,36H,6-8,16,20H2,1-5H3. The minimum absolute atomic E-state index is 0.219. The second-order valence-corrected chi connectivity index (χ2v) is 13.4. The van der Waals surface area contributed by atoms with E-state index in [1.807, 2.05) is 61.7 Å². The molecule has 220 valence electrons. The van der Waals surface area contributed by atoms with Gasteiger partial charge in [-0.1, -0.05) is 56.7 Å². The van der Waals surface area contributed by atoms with Gasteiger partial charge in [0.05, 0.1) is 12.2 Å². The molecule has 0 saturated heterocycles. The third kappa shape index (κ3) is 6.47. The van der Waals surface area contributed by atoms with Crippen LogP contribution in [0.1, 0.15) is 56.3 Å². The lowest BCUT2D eigenvalue weighted by molar-refractivity contribution is 0.0570. The molecule has 0 aliphatic rings. The van der Waals surface area contributed by atoms with E-state index < -0.39 is 16.3 Å². The molecule has 1 aromatic carbocycles. The van der Waals surface area contributed by atoms with Crippen molar-refractivity contribution in [2.75, 3.05) is 6.61 Å². The Hall–Kier alpha value is -3.44. The fraction of sp³-hybridized carbons (Fsp3) is 0.344. The molecular formula is C32H37N5O3S2. The predicted octanol–water partition coefficient (Wildman–Crippen LogP) is 6.89. The molecule has 0 saturated carbocycles. The minimum atomic E-state index is -3.87. The van der Waals surface area contributed by atoms with Crippen LogP contribution < -0.4 is 4.72 Å². The number of fused-ring (bicyclic) bond motifs is 1. The lowest BCUT2D eigenvalue weighted by Gasteiger charge is -2.15. The molecule has 0 radical (unpaired) electrons. The van der Waals surface area contributed by atoms with Crippen molar-refractivity contribution in [1.82, 2.24) is 24.2 Å². The topological polar surface area (TPSA) is 99.0 Å². The second kappa shape index (κ2) is 12.8. The third-order valence-corrected chi connectivity index (χ3v) is 10.3. The van der Waals surface area contributed by atoms with Gasteiger partial charge in [-0.2, -0.15) is 4.72 Å². The Kier molecular flexibility index (Phi) is 9.17. The van der Waals surface area contributed by atoms with Crippen LogP contribution >= 0.6 is 11.3 Å². The van der Waals surface area contributed by atoms with E-state index in [0.29, 0.717) is 24.4 Å². The quantitative estimate of drug-likeness (QED) is 0.123. The summed E-state index contributed by atoms with van der Waals surface area (Å²) in [6, 6.07) is 17.6. The van der Waals surface area contributed by atoms with E-state index >= 15 is 0 Å². The molecule has 0 aliphatic carbocycles. The molecule has 0 fully saturated rings. The van der Waals surface area contributed by atoms with E-state index in [9.17, 15) is 8.42 Å². The third-order valence-electron chi connectivity index (χ3n) is 7.05. The number of pyridine rings is 2. The SMILES string of the molecule is CCCCOC(C)NS(=O)(=O)c1sc(-c2ccccc2)cc1-c1ccc(Cn2c(CC)nc3c(C)cc(C)nc32)cn1. The first-order chi connectivity index (χ1) is 20.2. The average molecular weight is 604 g/mol. The number of ether oxygens (including phenoxy) is 1. The van der Waals surface area contributed by atoms with Crippen molar-refractivity contribution in [3.05, 3.63) is 83.4 Å². The molecule has 1 unspecified atom stereocenters. The highest BCUT2D eigenvalue weighted by Gasteiger charge is 2.26. The summed E-state index contributed by atoms with van der Waals surface area (Å²) in [5.74, 6) is 0.968. The summed E-state index contributed by atoms with van der Waals surface area (Å²) in [5.41, 5.74) is 6.94. The monoisotopic (exact) mass is 603 g/mol. The molecule has 4 heterocycles. The van der Waals surface area contributed by atoms with Crippen molar-refractivity contribution in [1.29, 1.82) is 0 Å². The zero-order chi connectivity index (χ0) is 29.9. The Morgan fingerprint density at radius 1 is 1.05 bits per heavy atom. The van der Waals surface area contributed by atoms with Gasteiger partial charge in [0, 0.05) is 35.4 Å². The first-order valence-corrected chi connectivity index (χ1v) is 16.6. The van der Waals surface area contributed by atoms with Crippen LogP contribution in [0, 0.1) is 13.8 Å². The summed E-state index contributed by atoms with van der Waals surface area (Å²) in [6.07, 6.45) is 3.79. The van der Waals surface area contributed by atoms with Gasteiger partial charge in [-0.05, 0) is 62.1 Å². The molecule has 1 N–H and O–H groups in total. The van der Waals surface area contributed by atoms with Gasteiger partial charge in [0.1, 0.15) is 21.8 Å². The number of thiophene rings is 1. The van der Waals surface area contributed by atoms with E-state index in [1.165, 1.54) is 11.3 Å². The molecule has 4 aromatic heterocycles. The average Bonchev–Trinajstić information content (AvgIpc) is 3.57. The highest BCUT2D eigenvalue weighted by molar-refractivity contribution is 7.91. The molecule has 5 rings (SSSR count). The number of rotatable bonds is 12. The van der Waals surface area contributed by atoms with Crippen LogP contribution in [0.2, 0.25) is 0 Å². The van der Waals surface area contributed by atoms with Crippen molar-refractivity contribution in [2.24, 2.45) is 0 Å². The van der Waals surface area contributed by atoms with Crippen molar-refractivity contribution in [2.45, 2.75) is 70.9 Å². The van der Waals surface area contributed by atoms with Crippen LogP contribution in [0.5, 0.6) is 0 Å². The van der Waals surface area contributed by atoms with Crippen LogP contribution in [0.4, 0.5) is 0 Å². The lowest BCUT2D eigenvalue weighted by atomic mass is 10.1. The molecule has 5 aromatic rings. The Labute approximate surface area is 251 Å². The number of aromatic nitrogens is 4. The van der Waals surface area contributed by atoms with E-state index in [4.69, 9.17) is 19.7 Å². The maximum absolute atomic E-state index is 13.6. The number of benzene rings is 1. The molecule has 0 aliphatic heterocycles. The number of aryl methyl sites for hydroxylation is 3. The Morgan fingerprint density at radius 2 is 1.83 bits per heavy atom. The molecule has 8 nitrogen and oxygen atoms in total. The molecular weight excluding hydrogens is 567 g/mol. The molecule has 42 heavy (non-hydrogen) atoms. The molecule has 10 heteroatoms. The van der Waals surface area contributed by atoms with Crippen molar-refractivity contribution < 1.29 is 13.2 Å². The fourth-order valence-electron chi connectivity index (χ4n) is 4.95. The van der Waals surface area contributed by atoms with E-state index in [-0.39, 0.29) is 4.21 Å². The van der Waals surface area contributed by atoms with E-state index in [1.54, 1.807) is 6.92 Å². The van der Waals surface area contributed by atoms with Crippen LogP contribution in [0.25, 0.3) is 32.9 Å². The summed E-state index contributed by atoms with van der Waals surface area (Å²) < 4.78 is 38.0. The lowest BCUT2D eigenvalue weighted by Crippen LogP contribution is -2.34. The largest absolute Gasteiger partial charge is 0.363 e. The van der Waals surface area contributed by atoms with E-state index in [0.717, 1.165) is 63.5 Å². The smallest absolute Gasteiger partial charge is 0.252 e. The van der Waals surface area contributed by atoms with Crippen LogP contribution in [0.3, 0.4) is 0 Å². The molecule has 0 amide bonds. The number of sulfonamides is 1. The zero-order valence-electron chi connectivity index (χ0n) is 24.7. The fourth-order valence-corrected chi connectivity index (χ4v) is 7.77. The number of imidazole rings is 1. The summed E-state index contributed by atoms with van der Waals surface area (Å²) in [6.45, 7) is 11.0. The number of hydrogen-bond acceptors (Lipinski definition) is 7. The summed E-state index contributed by atoms with van der Waals surface area (Å²) in [4.78, 5) is 15.2. The van der Waals surface area contributed by atoms with Gasteiger partial charge >= 0.3 is 0 Å². The first-order valence-electron chi connectivity index (χ1n) is 14.3. The Balaban J connectivity index is 1.49. The highest BCUT2D eigenvalue weighted by atomic mass is 32.2. The molecule has 0 bridgehead atoms. The van der Waals surface area contributed by atoms with Gasteiger partial charge in [-0.15, -0.1) is 11.3 Å². The van der Waals surface area contributed by atoms with Gasteiger partial charge in [0.25, 0.3) is 10.0 Å². The van der Waals surface area contributed by atoms with Crippen molar-refractivity contribution in [3.8, 4) is 21.7 Å². The normalized spacial score (nSPS) is 12.7. The summed E-state index contributed by atoms with van der Waals surface area (Å²) in [7, 11) is -3.87. The summed E-state index contributed by atoms with van der Waals surface area (Å²) in [5, 5.41) is 0. The van der Waals surface area contributed by atoms with Gasteiger partial charge < -0.3 is 9.30 Å². The van der Waals surface area contributed by atoms with Gasteiger partial charge in [0.2, 0.25) is 0 Å². The molecule has 0 spiro atoms. The minimum Gasteiger partial charge on any atom is -0.363 e. The van der Waals surface area contributed by atoms with Gasteiger partial charge in [-0.3, -0.25) is 4.98 Å². The van der Waals surface area contributed by atoms with Gasteiger partial charge in [0.15, 0.2) is 5.65 Å². The highest BCUT2D eigenvalue weighted by Crippen LogP contribution is 2.39. The maximum atomic E-state index is 13.6. The molecule has 1 atom stereocenters. The van der Waals surface area contributed by atoms with Gasteiger partial charge in [-0.25, -0.2) is 18.4 Å². The zero-order valence-corrected chi connectivity index (χ0v) is 26.3. The maximum Gasteiger partial charge on any atom is 0.252 e. The van der Waals surface area contributed by atoms with Crippen LogP contribution in [-0.2, 0) is 27.7 Å². The van der Waals surface area contributed by atoms with Crippen molar-refractivity contribution in [3.63, 3.8) is 0 Å². The van der Waals surface area contributed by atoms with E-state index in [2.05, 4.69) is 36.1 Å². The number of hydrogen-bond donors (Lipinski definition) is 1. The predicted molar refractivity (Wildman–Crippen MR) is 169 cm³/mol. The van der Waals surface area contributed by atoms with Crippen molar-refractivity contribution >= 4 is 32.5 Å². The number of nitrogens with one attached hydrogen (secondary N) is 1.